The highest BCUT2D eigenvalue weighted by atomic mass is 16.6. The first kappa shape index (κ1) is 14.1. The molecule has 1 aromatic rings. The van der Waals surface area contributed by atoms with Crippen molar-refractivity contribution in [3.8, 4) is 0 Å². The first-order valence-electron chi connectivity index (χ1n) is 7.68. The molecule has 1 aliphatic heterocycles. The van der Waals surface area contributed by atoms with Crippen molar-refractivity contribution in [2.45, 2.75) is 31.7 Å². The van der Waals surface area contributed by atoms with Crippen LogP contribution in [0.15, 0.2) is 18.2 Å². The van der Waals surface area contributed by atoms with Gasteiger partial charge in [-0.2, -0.15) is 0 Å². The lowest BCUT2D eigenvalue weighted by Gasteiger charge is -2.39. The number of rotatable bonds is 3. The van der Waals surface area contributed by atoms with Crippen LogP contribution < -0.4 is 10.6 Å². The fraction of sp³-hybridized carbons (Fsp3) is 0.600. The summed E-state index contributed by atoms with van der Waals surface area (Å²) in [6, 6.07) is 5.54. The second-order valence-electron chi connectivity index (χ2n) is 5.96. The molecule has 0 radical (unpaired) electrons. The Labute approximate surface area is 124 Å². The second-order valence-corrected chi connectivity index (χ2v) is 5.96. The molecule has 6 nitrogen and oxygen atoms in total. The molecule has 0 unspecified atom stereocenters. The van der Waals surface area contributed by atoms with Crippen LogP contribution in [0.1, 0.15) is 25.7 Å². The Balaban J connectivity index is 1.65. The molecule has 0 spiro atoms. The highest BCUT2D eigenvalue weighted by Gasteiger charge is 2.26. The number of benzene rings is 1. The second kappa shape index (κ2) is 5.89. The zero-order chi connectivity index (χ0) is 14.8. The minimum absolute atomic E-state index is 0.0563. The summed E-state index contributed by atoms with van der Waals surface area (Å²) in [5.41, 5.74) is 7.46. The number of nitrogen functional groups attached to an aromatic ring is 1. The molecule has 114 valence electrons. The third-order valence-corrected chi connectivity index (χ3v) is 4.72. The number of nitro groups is 1. The summed E-state index contributed by atoms with van der Waals surface area (Å²) in [5.74, 6) is 0. The quantitative estimate of drug-likeness (QED) is 0.525. The first-order chi connectivity index (χ1) is 10.1. The van der Waals surface area contributed by atoms with Gasteiger partial charge in [-0.15, -0.1) is 0 Å². The molecule has 1 saturated heterocycles. The van der Waals surface area contributed by atoms with Crippen molar-refractivity contribution in [3.63, 3.8) is 0 Å². The van der Waals surface area contributed by atoms with Gasteiger partial charge in [0.25, 0.3) is 5.69 Å². The number of non-ortho nitro benzene ring substituents is 1. The van der Waals surface area contributed by atoms with Crippen LogP contribution >= 0.6 is 0 Å². The van der Waals surface area contributed by atoms with E-state index in [0.29, 0.717) is 5.69 Å². The zero-order valence-corrected chi connectivity index (χ0v) is 12.2. The molecular formula is C15H22N4O2. The average molecular weight is 290 g/mol. The Morgan fingerprint density at radius 3 is 2.38 bits per heavy atom. The standard InChI is InChI=1S/C15H22N4O2/c16-14-11-13(19(20)21)5-6-15(14)18-9-7-17(8-10-18)12-3-1-2-4-12/h5-6,11-12H,1-4,7-10,16H2. The van der Waals surface area contributed by atoms with Crippen LogP contribution in [0, 0.1) is 10.1 Å². The molecule has 3 rings (SSSR count). The molecule has 1 aromatic carbocycles. The topological polar surface area (TPSA) is 75.6 Å². The van der Waals surface area contributed by atoms with Crippen LogP contribution in [0.4, 0.5) is 17.1 Å². The third kappa shape index (κ3) is 2.95. The van der Waals surface area contributed by atoms with Gasteiger partial charge in [0.15, 0.2) is 0 Å². The summed E-state index contributed by atoms with van der Waals surface area (Å²) in [6.07, 6.45) is 5.39. The Bertz CT molecular complexity index is 520. The van der Waals surface area contributed by atoms with Gasteiger partial charge in [-0.3, -0.25) is 15.0 Å². The third-order valence-electron chi connectivity index (χ3n) is 4.72. The van der Waals surface area contributed by atoms with Crippen molar-refractivity contribution in [1.29, 1.82) is 0 Å². The molecule has 6 heteroatoms. The summed E-state index contributed by atoms with van der Waals surface area (Å²) in [6.45, 7) is 4.00. The van der Waals surface area contributed by atoms with Gasteiger partial charge in [-0.1, -0.05) is 12.8 Å². The number of nitrogens with zero attached hydrogens (tertiary/aromatic N) is 3. The predicted molar refractivity (Wildman–Crippen MR) is 83.6 cm³/mol. The van der Waals surface area contributed by atoms with Crippen LogP contribution in [0.25, 0.3) is 0 Å². The molecule has 0 aromatic heterocycles. The van der Waals surface area contributed by atoms with Gasteiger partial charge in [0.1, 0.15) is 0 Å². The lowest BCUT2D eigenvalue weighted by Crippen LogP contribution is -2.49. The van der Waals surface area contributed by atoms with Crippen LogP contribution in [0.5, 0.6) is 0 Å². The van der Waals surface area contributed by atoms with E-state index >= 15 is 0 Å². The average Bonchev–Trinajstić information content (AvgIpc) is 3.01. The van der Waals surface area contributed by atoms with E-state index in [1.165, 1.54) is 37.8 Å². The molecule has 1 heterocycles. The van der Waals surface area contributed by atoms with Crippen molar-refractivity contribution in [2.75, 3.05) is 36.8 Å². The van der Waals surface area contributed by atoms with Crippen LogP contribution in [-0.2, 0) is 0 Å². The van der Waals surface area contributed by atoms with E-state index in [0.717, 1.165) is 37.9 Å². The molecule has 0 amide bonds. The normalized spacial score (nSPS) is 20.9. The number of hydrogen-bond donors (Lipinski definition) is 1. The van der Waals surface area contributed by atoms with E-state index in [4.69, 9.17) is 5.73 Å². The van der Waals surface area contributed by atoms with Gasteiger partial charge in [0.05, 0.1) is 16.3 Å². The molecule has 0 bridgehead atoms. The van der Waals surface area contributed by atoms with Gasteiger partial charge in [-0.05, 0) is 18.9 Å². The van der Waals surface area contributed by atoms with Gasteiger partial charge in [0.2, 0.25) is 0 Å². The number of nitro benzene ring substituents is 1. The minimum Gasteiger partial charge on any atom is -0.397 e. The predicted octanol–water partition coefficient (Wildman–Crippen LogP) is 2.24. The highest BCUT2D eigenvalue weighted by molar-refractivity contribution is 5.70. The summed E-state index contributed by atoms with van der Waals surface area (Å²) in [4.78, 5) is 15.2. The Kier molecular flexibility index (Phi) is 3.96. The van der Waals surface area contributed by atoms with E-state index in [-0.39, 0.29) is 5.69 Å². The zero-order valence-electron chi connectivity index (χ0n) is 12.2. The lowest BCUT2D eigenvalue weighted by atomic mass is 10.1. The number of nitrogens with two attached hydrogens (primary N) is 1. The van der Waals surface area contributed by atoms with Gasteiger partial charge < -0.3 is 10.6 Å². The molecule has 2 aliphatic rings. The minimum atomic E-state index is -0.405. The summed E-state index contributed by atoms with van der Waals surface area (Å²) < 4.78 is 0. The van der Waals surface area contributed by atoms with Crippen molar-refractivity contribution in [2.24, 2.45) is 0 Å². The van der Waals surface area contributed by atoms with E-state index in [2.05, 4.69) is 9.80 Å². The van der Waals surface area contributed by atoms with Crippen LogP contribution in [0.2, 0.25) is 0 Å². The number of hydrogen-bond acceptors (Lipinski definition) is 5. The van der Waals surface area contributed by atoms with Gasteiger partial charge in [-0.25, -0.2) is 0 Å². The van der Waals surface area contributed by atoms with Crippen molar-refractivity contribution in [1.82, 2.24) is 4.90 Å². The maximum absolute atomic E-state index is 10.8. The Morgan fingerprint density at radius 2 is 1.81 bits per heavy atom. The first-order valence-corrected chi connectivity index (χ1v) is 7.68. The maximum atomic E-state index is 10.8. The van der Waals surface area contributed by atoms with Crippen LogP contribution in [0.3, 0.4) is 0 Å². The summed E-state index contributed by atoms with van der Waals surface area (Å²) >= 11 is 0. The molecule has 21 heavy (non-hydrogen) atoms. The van der Waals surface area contributed by atoms with Gasteiger partial charge >= 0.3 is 0 Å². The maximum Gasteiger partial charge on any atom is 0.271 e. The Morgan fingerprint density at radius 1 is 1.14 bits per heavy atom. The molecular weight excluding hydrogens is 268 g/mol. The molecule has 2 fully saturated rings. The SMILES string of the molecule is Nc1cc([N+](=O)[O-])ccc1N1CCN(C2CCCC2)CC1. The van der Waals surface area contributed by atoms with Crippen molar-refractivity contribution < 1.29 is 4.92 Å². The van der Waals surface area contributed by atoms with Crippen molar-refractivity contribution >= 4 is 17.1 Å². The largest absolute Gasteiger partial charge is 0.397 e. The van der Waals surface area contributed by atoms with E-state index in [1.54, 1.807) is 6.07 Å². The highest BCUT2D eigenvalue weighted by Crippen LogP contribution is 2.30. The molecule has 1 aliphatic carbocycles. The number of anilines is 2. The Hall–Kier alpha value is -1.82. The summed E-state index contributed by atoms with van der Waals surface area (Å²) in [5, 5.41) is 10.8. The lowest BCUT2D eigenvalue weighted by molar-refractivity contribution is -0.384. The fourth-order valence-electron chi connectivity index (χ4n) is 3.54. The van der Waals surface area contributed by atoms with Crippen molar-refractivity contribution in [3.05, 3.63) is 28.3 Å². The molecule has 0 atom stereocenters. The van der Waals surface area contributed by atoms with E-state index in [1.807, 2.05) is 0 Å². The smallest absolute Gasteiger partial charge is 0.271 e. The fourth-order valence-corrected chi connectivity index (χ4v) is 3.54. The van der Waals surface area contributed by atoms with E-state index < -0.39 is 4.92 Å². The van der Waals surface area contributed by atoms with Gasteiger partial charge in [0, 0.05) is 44.4 Å². The van der Waals surface area contributed by atoms with E-state index in [9.17, 15) is 10.1 Å². The van der Waals surface area contributed by atoms with Crippen LogP contribution in [-0.4, -0.2) is 42.0 Å². The monoisotopic (exact) mass is 290 g/mol. The summed E-state index contributed by atoms with van der Waals surface area (Å²) in [7, 11) is 0. The number of piperazine rings is 1. The molecule has 1 saturated carbocycles. The molecule has 2 N–H and O–H groups in total.